The van der Waals surface area contributed by atoms with Gasteiger partial charge in [-0.1, -0.05) is 6.07 Å². The third-order valence-electron chi connectivity index (χ3n) is 3.38. The molecule has 0 saturated carbocycles. The van der Waals surface area contributed by atoms with Gasteiger partial charge in [-0.3, -0.25) is 9.59 Å². The van der Waals surface area contributed by atoms with Crippen LogP contribution in [0.3, 0.4) is 0 Å². The molecular weight excluding hydrogens is 360 g/mol. The van der Waals surface area contributed by atoms with Gasteiger partial charge in [-0.15, -0.1) is 11.3 Å². The van der Waals surface area contributed by atoms with Crippen LogP contribution in [0.15, 0.2) is 35.8 Å². The number of hydrogen-bond donors (Lipinski definition) is 1. The molecule has 0 aliphatic rings. The molecule has 0 atom stereocenters. The first-order valence-corrected chi connectivity index (χ1v) is 8.68. The van der Waals surface area contributed by atoms with Crippen molar-refractivity contribution < 1.29 is 19.2 Å². The molecule has 2 heterocycles. The van der Waals surface area contributed by atoms with Crippen LogP contribution in [0, 0.1) is 10.1 Å². The molecule has 2 aromatic heterocycles. The van der Waals surface area contributed by atoms with Gasteiger partial charge in [-0.05, 0) is 40.4 Å². The van der Waals surface area contributed by atoms with Crippen LogP contribution in [-0.2, 0) is 16.1 Å². The smallest absolute Gasteiger partial charge is 0.406 e. The predicted octanol–water partition coefficient (Wildman–Crippen LogP) is 1.59. The molecule has 10 heteroatoms. The lowest BCUT2D eigenvalue weighted by Crippen LogP contribution is -2.42. The Balaban J connectivity index is 1.86. The quantitative estimate of drug-likeness (QED) is 0.523. The standard InChI is InChI=1S/C16H18N4O5S/c1-2-19(10-14(21)18-9-12-5-4-8-26-12)15(22)11-25-13-6-3-7-17-16(13)20(23)24/h3-8H,2,9-11H2,1H3,(H,18,21). The lowest BCUT2D eigenvalue weighted by Gasteiger charge is -2.20. The highest BCUT2D eigenvalue weighted by Crippen LogP contribution is 2.22. The van der Waals surface area contributed by atoms with Crippen LogP contribution in [0.2, 0.25) is 0 Å². The van der Waals surface area contributed by atoms with E-state index in [-0.39, 0.29) is 18.2 Å². The van der Waals surface area contributed by atoms with Crippen molar-refractivity contribution in [1.82, 2.24) is 15.2 Å². The molecule has 138 valence electrons. The number of amides is 2. The molecule has 1 N–H and O–H groups in total. The summed E-state index contributed by atoms with van der Waals surface area (Å²) < 4.78 is 5.22. The molecule has 2 rings (SSSR count). The molecule has 2 amide bonds. The molecule has 9 nitrogen and oxygen atoms in total. The lowest BCUT2D eigenvalue weighted by atomic mass is 10.4. The molecule has 0 aliphatic heterocycles. The summed E-state index contributed by atoms with van der Waals surface area (Å²) in [5.41, 5.74) is 0. The van der Waals surface area contributed by atoms with Crippen molar-refractivity contribution >= 4 is 29.0 Å². The van der Waals surface area contributed by atoms with Crippen molar-refractivity contribution in [2.24, 2.45) is 0 Å². The van der Waals surface area contributed by atoms with Gasteiger partial charge < -0.3 is 25.1 Å². The Bertz CT molecular complexity index is 766. The minimum Gasteiger partial charge on any atom is -0.476 e. The zero-order valence-electron chi connectivity index (χ0n) is 14.1. The first kappa shape index (κ1) is 19.3. The summed E-state index contributed by atoms with van der Waals surface area (Å²) >= 11 is 1.53. The maximum atomic E-state index is 12.2. The third-order valence-corrected chi connectivity index (χ3v) is 4.26. The Morgan fingerprint density at radius 1 is 1.38 bits per heavy atom. The van der Waals surface area contributed by atoms with E-state index >= 15 is 0 Å². The number of carbonyl (C=O) groups is 2. The van der Waals surface area contributed by atoms with E-state index in [4.69, 9.17) is 4.74 Å². The van der Waals surface area contributed by atoms with Crippen LogP contribution in [-0.4, -0.2) is 46.3 Å². The number of likely N-dealkylation sites (N-methyl/N-ethyl adjacent to an activating group) is 1. The number of hydrogen-bond acceptors (Lipinski definition) is 7. The summed E-state index contributed by atoms with van der Waals surface area (Å²) in [5.74, 6) is -1.29. The highest BCUT2D eigenvalue weighted by Gasteiger charge is 2.20. The average Bonchev–Trinajstić information content (AvgIpc) is 3.16. The fourth-order valence-electron chi connectivity index (χ4n) is 2.07. The summed E-state index contributed by atoms with van der Waals surface area (Å²) in [7, 11) is 0. The van der Waals surface area contributed by atoms with Gasteiger partial charge in [0, 0.05) is 11.4 Å². The Morgan fingerprint density at radius 2 is 2.19 bits per heavy atom. The molecule has 0 aliphatic carbocycles. The number of nitrogens with one attached hydrogen (secondary N) is 1. The third kappa shape index (κ3) is 5.52. The minimum atomic E-state index is -0.685. The first-order valence-electron chi connectivity index (χ1n) is 7.80. The summed E-state index contributed by atoms with van der Waals surface area (Å²) in [6.45, 7) is 1.92. The summed E-state index contributed by atoms with van der Waals surface area (Å²) in [6.07, 6.45) is 1.27. The Hall–Kier alpha value is -3.01. The lowest BCUT2D eigenvalue weighted by molar-refractivity contribution is -0.390. The fourth-order valence-corrected chi connectivity index (χ4v) is 2.71. The number of thiophene rings is 1. The van der Waals surface area contributed by atoms with Crippen LogP contribution in [0.4, 0.5) is 5.82 Å². The molecule has 0 aromatic carbocycles. The molecule has 0 unspecified atom stereocenters. The van der Waals surface area contributed by atoms with Gasteiger partial charge in [-0.2, -0.15) is 0 Å². The minimum absolute atomic E-state index is 0.0935. The molecule has 26 heavy (non-hydrogen) atoms. The number of rotatable bonds is 9. The highest BCUT2D eigenvalue weighted by atomic mass is 32.1. The van der Waals surface area contributed by atoms with Crippen LogP contribution >= 0.6 is 11.3 Å². The molecule has 0 radical (unpaired) electrons. The van der Waals surface area contributed by atoms with Crippen molar-refractivity contribution in [2.45, 2.75) is 13.5 Å². The van der Waals surface area contributed by atoms with E-state index in [2.05, 4.69) is 10.3 Å². The molecule has 0 bridgehead atoms. The second-order valence-electron chi connectivity index (χ2n) is 5.13. The maximum absolute atomic E-state index is 12.2. The van der Waals surface area contributed by atoms with Gasteiger partial charge in [0.25, 0.3) is 5.91 Å². The molecular formula is C16H18N4O5S. The topological polar surface area (TPSA) is 115 Å². The van der Waals surface area contributed by atoms with Gasteiger partial charge in [-0.25, -0.2) is 0 Å². The summed E-state index contributed by atoms with van der Waals surface area (Å²) in [6, 6.07) is 6.64. The summed E-state index contributed by atoms with van der Waals surface area (Å²) in [4.78, 5) is 40.4. The van der Waals surface area contributed by atoms with Crippen LogP contribution in [0.25, 0.3) is 0 Å². The Kier molecular flexibility index (Phi) is 7.03. The predicted molar refractivity (Wildman–Crippen MR) is 94.8 cm³/mol. The number of aromatic nitrogens is 1. The SMILES string of the molecule is CCN(CC(=O)NCc1cccs1)C(=O)COc1cccnc1[N+](=O)[O-]. The number of ether oxygens (including phenoxy) is 1. The van der Waals surface area contributed by atoms with E-state index in [1.807, 2.05) is 17.5 Å². The van der Waals surface area contributed by atoms with Crippen molar-refractivity contribution in [1.29, 1.82) is 0 Å². The Labute approximate surface area is 153 Å². The van der Waals surface area contributed by atoms with Crippen LogP contribution in [0.5, 0.6) is 5.75 Å². The maximum Gasteiger partial charge on any atom is 0.406 e. The van der Waals surface area contributed by atoms with E-state index in [0.29, 0.717) is 13.1 Å². The zero-order chi connectivity index (χ0) is 18.9. The monoisotopic (exact) mass is 378 g/mol. The Morgan fingerprint density at radius 3 is 2.85 bits per heavy atom. The second-order valence-corrected chi connectivity index (χ2v) is 6.17. The van der Waals surface area contributed by atoms with Crippen molar-refractivity contribution in [3.05, 3.63) is 50.8 Å². The highest BCUT2D eigenvalue weighted by molar-refractivity contribution is 7.09. The van der Waals surface area contributed by atoms with Gasteiger partial charge in [0.05, 0.1) is 13.1 Å². The van der Waals surface area contributed by atoms with Crippen LogP contribution < -0.4 is 10.1 Å². The van der Waals surface area contributed by atoms with E-state index in [0.717, 1.165) is 4.88 Å². The number of nitrogens with zero attached hydrogens (tertiary/aromatic N) is 3. The fraction of sp³-hybridized carbons (Fsp3) is 0.312. The average molecular weight is 378 g/mol. The zero-order valence-corrected chi connectivity index (χ0v) is 14.9. The largest absolute Gasteiger partial charge is 0.476 e. The van der Waals surface area contributed by atoms with E-state index in [1.54, 1.807) is 6.92 Å². The molecule has 0 spiro atoms. The van der Waals surface area contributed by atoms with Crippen molar-refractivity contribution in [3.8, 4) is 5.75 Å². The van der Waals surface area contributed by atoms with E-state index in [1.165, 1.54) is 34.6 Å². The van der Waals surface area contributed by atoms with Gasteiger partial charge in [0.1, 0.15) is 6.20 Å². The summed E-state index contributed by atoms with van der Waals surface area (Å²) in [5, 5.41) is 15.5. The van der Waals surface area contributed by atoms with Crippen molar-refractivity contribution in [2.75, 3.05) is 19.7 Å². The number of pyridine rings is 1. The van der Waals surface area contributed by atoms with Crippen LogP contribution in [0.1, 0.15) is 11.8 Å². The number of carbonyl (C=O) groups excluding carboxylic acids is 2. The number of nitro groups is 1. The molecule has 0 saturated heterocycles. The molecule has 0 fully saturated rings. The van der Waals surface area contributed by atoms with Gasteiger partial charge in [0.2, 0.25) is 11.7 Å². The van der Waals surface area contributed by atoms with Gasteiger partial charge in [0.15, 0.2) is 6.61 Å². The molecule has 2 aromatic rings. The van der Waals surface area contributed by atoms with E-state index in [9.17, 15) is 19.7 Å². The first-order chi connectivity index (χ1) is 12.5. The van der Waals surface area contributed by atoms with Crippen molar-refractivity contribution in [3.63, 3.8) is 0 Å². The second kappa shape index (κ2) is 9.47. The normalized spacial score (nSPS) is 10.2. The van der Waals surface area contributed by atoms with Gasteiger partial charge >= 0.3 is 5.82 Å². The van der Waals surface area contributed by atoms with E-state index < -0.39 is 23.3 Å².